The Labute approximate surface area is 90.4 Å². The maximum absolute atomic E-state index is 11.7. The zero-order valence-electron chi connectivity index (χ0n) is 9.58. The SMILES string of the molecule is COC(=O)N[C@H]1CCC(C(=O)C(C)C)C1. The van der Waals surface area contributed by atoms with Crippen LogP contribution in [0.1, 0.15) is 33.1 Å². The number of methoxy groups -OCH3 is 1. The number of alkyl carbamates (subject to hydrolysis) is 1. The predicted molar refractivity (Wildman–Crippen MR) is 56.5 cm³/mol. The fourth-order valence-electron chi connectivity index (χ4n) is 2.07. The van der Waals surface area contributed by atoms with Crippen LogP contribution in [0.4, 0.5) is 4.79 Å². The van der Waals surface area contributed by atoms with Crippen molar-refractivity contribution in [3.8, 4) is 0 Å². The Balaban J connectivity index is 2.39. The molecule has 1 fully saturated rings. The maximum Gasteiger partial charge on any atom is 0.407 e. The highest BCUT2D eigenvalue weighted by molar-refractivity contribution is 5.83. The summed E-state index contributed by atoms with van der Waals surface area (Å²) in [7, 11) is 1.35. The van der Waals surface area contributed by atoms with Crippen molar-refractivity contribution < 1.29 is 14.3 Å². The minimum atomic E-state index is -0.405. The van der Waals surface area contributed by atoms with Crippen molar-refractivity contribution >= 4 is 11.9 Å². The van der Waals surface area contributed by atoms with Crippen molar-refractivity contribution in [2.75, 3.05) is 7.11 Å². The van der Waals surface area contributed by atoms with E-state index in [0.29, 0.717) is 5.78 Å². The van der Waals surface area contributed by atoms with Crippen LogP contribution in [0.2, 0.25) is 0 Å². The fraction of sp³-hybridized carbons (Fsp3) is 0.818. The second kappa shape index (κ2) is 5.14. The van der Waals surface area contributed by atoms with Gasteiger partial charge in [-0.2, -0.15) is 0 Å². The summed E-state index contributed by atoms with van der Waals surface area (Å²) in [4.78, 5) is 22.7. The normalized spacial score (nSPS) is 25.3. The van der Waals surface area contributed by atoms with Crippen LogP contribution >= 0.6 is 0 Å². The number of rotatable bonds is 3. The number of nitrogens with one attached hydrogen (secondary N) is 1. The highest BCUT2D eigenvalue weighted by Gasteiger charge is 2.31. The molecule has 0 spiro atoms. The molecule has 0 heterocycles. The molecular weight excluding hydrogens is 194 g/mol. The van der Waals surface area contributed by atoms with Crippen LogP contribution in [0.3, 0.4) is 0 Å². The van der Waals surface area contributed by atoms with Gasteiger partial charge >= 0.3 is 6.09 Å². The number of carbonyl (C=O) groups excluding carboxylic acids is 2. The van der Waals surface area contributed by atoms with E-state index in [1.807, 2.05) is 13.8 Å². The van der Waals surface area contributed by atoms with E-state index >= 15 is 0 Å². The molecule has 1 aliphatic carbocycles. The number of hydrogen-bond donors (Lipinski definition) is 1. The Morgan fingerprint density at radius 2 is 2.00 bits per heavy atom. The lowest BCUT2D eigenvalue weighted by Crippen LogP contribution is -2.33. The van der Waals surface area contributed by atoms with Gasteiger partial charge in [0.25, 0.3) is 0 Å². The lowest BCUT2D eigenvalue weighted by molar-refractivity contribution is -0.125. The monoisotopic (exact) mass is 213 g/mol. The minimum absolute atomic E-state index is 0.0897. The first-order chi connectivity index (χ1) is 7.04. The molecule has 4 nitrogen and oxygen atoms in total. The molecule has 0 bridgehead atoms. The van der Waals surface area contributed by atoms with Gasteiger partial charge in [0.05, 0.1) is 7.11 Å². The number of ether oxygens (including phenoxy) is 1. The van der Waals surface area contributed by atoms with Crippen molar-refractivity contribution in [3.63, 3.8) is 0 Å². The first-order valence-corrected chi connectivity index (χ1v) is 5.42. The molecule has 0 aromatic heterocycles. The fourth-order valence-corrected chi connectivity index (χ4v) is 2.07. The van der Waals surface area contributed by atoms with Crippen LogP contribution in [0, 0.1) is 11.8 Å². The number of hydrogen-bond acceptors (Lipinski definition) is 3. The molecule has 1 amide bonds. The summed E-state index contributed by atoms with van der Waals surface area (Å²) in [6.45, 7) is 3.84. The van der Waals surface area contributed by atoms with E-state index in [2.05, 4.69) is 10.1 Å². The molecule has 1 N–H and O–H groups in total. The van der Waals surface area contributed by atoms with E-state index in [1.54, 1.807) is 0 Å². The summed E-state index contributed by atoms with van der Waals surface area (Å²) in [5, 5.41) is 2.74. The van der Waals surface area contributed by atoms with Crippen LogP contribution < -0.4 is 5.32 Å². The lowest BCUT2D eigenvalue weighted by Gasteiger charge is -2.13. The molecule has 15 heavy (non-hydrogen) atoms. The third-order valence-electron chi connectivity index (χ3n) is 2.91. The number of amides is 1. The lowest BCUT2D eigenvalue weighted by atomic mass is 9.94. The molecule has 0 aliphatic heterocycles. The van der Waals surface area contributed by atoms with Crippen LogP contribution in [-0.4, -0.2) is 25.0 Å². The average Bonchev–Trinajstić information content (AvgIpc) is 2.64. The highest BCUT2D eigenvalue weighted by Crippen LogP contribution is 2.28. The standard InChI is InChI=1S/C11H19NO3/c1-7(2)10(13)8-4-5-9(6-8)12-11(14)15-3/h7-9H,4-6H2,1-3H3,(H,12,14)/t8?,9-/m0/s1. The number of carbonyl (C=O) groups is 2. The van der Waals surface area contributed by atoms with E-state index in [9.17, 15) is 9.59 Å². The van der Waals surface area contributed by atoms with E-state index < -0.39 is 6.09 Å². The summed E-state index contributed by atoms with van der Waals surface area (Å²) in [6, 6.07) is 0.102. The topological polar surface area (TPSA) is 55.4 Å². The van der Waals surface area contributed by atoms with Crippen LogP contribution in [0.25, 0.3) is 0 Å². The summed E-state index contributed by atoms with van der Waals surface area (Å²) >= 11 is 0. The molecule has 1 saturated carbocycles. The summed E-state index contributed by atoms with van der Waals surface area (Å²) in [5.41, 5.74) is 0. The molecule has 86 valence electrons. The quantitative estimate of drug-likeness (QED) is 0.776. The van der Waals surface area contributed by atoms with Crippen molar-refractivity contribution in [1.29, 1.82) is 0 Å². The smallest absolute Gasteiger partial charge is 0.407 e. The van der Waals surface area contributed by atoms with Crippen molar-refractivity contribution in [1.82, 2.24) is 5.32 Å². The van der Waals surface area contributed by atoms with E-state index in [-0.39, 0.29) is 17.9 Å². The summed E-state index contributed by atoms with van der Waals surface area (Å²) in [6.07, 6.45) is 2.10. The van der Waals surface area contributed by atoms with Gasteiger partial charge in [-0.25, -0.2) is 4.79 Å². The third kappa shape index (κ3) is 3.22. The second-order valence-corrected chi connectivity index (χ2v) is 4.40. The highest BCUT2D eigenvalue weighted by atomic mass is 16.5. The molecule has 1 rings (SSSR count). The van der Waals surface area contributed by atoms with Gasteiger partial charge in [0.1, 0.15) is 5.78 Å². The largest absolute Gasteiger partial charge is 0.453 e. The van der Waals surface area contributed by atoms with Crippen LogP contribution in [0.5, 0.6) is 0 Å². The molecule has 1 unspecified atom stereocenters. The second-order valence-electron chi connectivity index (χ2n) is 4.40. The third-order valence-corrected chi connectivity index (χ3v) is 2.91. The Hall–Kier alpha value is -1.06. The van der Waals surface area contributed by atoms with Gasteiger partial charge in [0.2, 0.25) is 0 Å². The number of ketones is 1. The molecule has 4 heteroatoms. The van der Waals surface area contributed by atoms with Crippen molar-refractivity contribution in [2.45, 2.75) is 39.2 Å². The molecule has 0 aromatic carbocycles. The Morgan fingerprint density at radius 3 is 2.53 bits per heavy atom. The first kappa shape index (κ1) is 12.0. The van der Waals surface area contributed by atoms with E-state index in [4.69, 9.17) is 0 Å². The van der Waals surface area contributed by atoms with Gasteiger partial charge in [-0.3, -0.25) is 4.79 Å². The van der Waals surface area contributed by atoms with Crippen molar-refractivity contribution in [3.05, 3.63) is 0 Å². The summed E-state index contributed by atoms with van der Waals surface area (Å²) in [5.74, 6) is 0.517. The first-order valence-electron chi connectivity index (χ1n) is 5.42. The predicted octanol–water partition coefficient (Wildman–Crippen LogP) is 1.74. The van der Waals surface area contributed by atoms with Gasteiger partial charge in [0.15, 0.2) is 0 Å². The van der Waals surface area contributed by atoms with Crippen LogP contribution in [-0.2, 0) is 9.53 Å². The van der Waals surface area contributed by atoms with Crippen molar-refractivity contribution in [2.24, 2.45) is 11.8 Å². The molecular formula is C11H19NO3. The zero-order valence-corrected chi connectivity index (χ0v) is 9.58. The van der Waals surface area contributed by atoms with Gasteiger partial charge in [-0.05, 0) is 19.3 Å². The molecule has 0 aromatic rings. The van der Waals surface area contributed by atoms with Crippen LogP contribution in [0.15, 0.2) is 0 Å². The molecule has 0 saturated heterocycles. The maximum atomic E-state index is 11.7. The van der Waals surface area contributed by atoms with Gasteiger partial charge in [-0.1, -0.05) is 13.8 Å². The zero-order chi connectivity index (χ0) is 11.4. The van der Waals surface area contributed by atoms with Gasteiger partial charge in [-0.15, -0.1) is 0 Å². The Bertz CT molecular complexity index is 250. The van der Waals surface area contributed by atoms with E-state index in [0.717, 1.165) is 19.3 Å². The molecule has 0 radical (unpaired) electrons. The summed E-state index contributed by atoms with van der Waals surface area (Å²) < 4.78 is 4.52. The van der Waals surface area contributed by atoms with E-state index in [1.165, 1.54) is 7.11 Å². The van der Waals surface area contributed by atoms with Gasteiger partial charge in [0, 0.05) is 17.9 Å². The minimum Gasteiger partial charge on any atom is -0.453 e. The number of Topliss-reactive ketones (excluding diaryl/α,β-unsaturated/α-hetero) is 1. The molecule has 2 atom stereocenters. The Kier molecular flexibility index (Phi) is 4.12. The molecule has 1 aliphatic rings. The van der Waals surface area contributed by atoms with Gasteiger partial charge < -0.3 is 10.1 Å². The Morgan fingerprint density at radius 1 is 1.33 bits per heavy atom. The average molecular weight is 213 g/mol.